The molecule has 1 atom stereocenters. The summed E-state index contributed by atoms with van der Waals surface area (Å²) < 4.78 is 4.73. The lowest BCUT2D eigenvalue weighted by Crippen LogP contribution is -2.58. The van der Waals surface area contributed by atoms with E-state index in [1.54, 1.807) is 6.92 Å². The van der Waals surface area contributed by atoms with Crippen molar-refractivity contribution in [3.63, 3.8) is 0 Å². The molecule has 0 spiro atoms. The van der Waals surface area contributed by atoms with E-state index in [0.717, 1.165) is 0 Å². The van der Waals surface area contributed by atoms with Gasteiger partial charge in [0, 0.05) is 13.1 Å². The Morgan fingerprint density at radius 2 is 2.06 bits per heavy atom. The van der Waals surface area contributed by atoms with Gasteiger partial charge in [-0.2, -0.15) is 0 Å². The van der Waals surface area contributed by atoms with Crippen LogP contribution in [0, 0.1) is 5.92 Å². The molecule has 2 amide bonds. The van der Waals surface area contributed by atoms with E-state index in [2.05, 4.69) is 5.32 Å². The molecule has 1 fully saturated rings. The van der Waals surface area contributed by atoms with Crippen molar-refractivity contribution >= 4 is 18.0 Å². The number of nitrogens with one attached hydrogen (secondary N) is 1. The number of aliphatic carboxylic acids is 1. The van der Waals surface area contributed by atoms with Crippen LogP contribution in [0.5, 0.6) is 0 Å². The summed E-state index contributed by atoms with van der Waals surface area (Å²) in [6, 6.07) is -1.17. The molecule has 1 rings (SSSR count). The van der Waals surface area contributed by atoms with Crippen molar-refractivity contribution in [1.29, 1.82) is 0 Å². The second-order valence-electron chi connectivity index (χ2n) is 3.86. The molecule has 0 aromatic rings. The number of likely N-dealkylation sites (tertiary alicyclic amines) is 1. The van der Waals surface area contributed by atoms with Gasteiger partial charge in [-0.05, 0) is 13.8 Å². The molecule has 17 heavy (non-hydrogen) atoms. The van der Waals surface area contributed by atoms with Gasteiger partial charge >= 0.3 is 18.0 Å². The van der Waals surface area contributed by atoms with Crippen LogP contribution < -0.4 is 5.32 Å². The third-order valence-electron chi connectivity index (χ3n) is 2.50. The molecule has 0 aliphatic carbocycles. The third kappa shape index (κ3) is 3.33. The number of urea groups is 1. The highest BCUT2D eigenvalue weighted by molar-refractivity contribution is 5.85. The molecule has 2 N–H and O–H groups in total. The molecular formula is C10H16N2O5. The number of carbonyl (C=O) groups is 3. The maximum Gasteiger partial charge on any atom is 0.328 e. The van der Waals surface area contributed by atoms with Crippen molar-refractivity contribution in [3.05, 3.63) is 0 Å². The number of carboxylic acid groups (broad SMARTS) is 1. The highest BCUT2D eigenvalue weighted by Gasteiger charge is 2.36. The first kappa shape index (κ1) is 13.3. The Morgan fingerprint density at radius 3 is 2.53 bits per heavy atom. The van der Waals surface area contributed by atoms with E-state index in [-0.39, 0.29) is 19.7 Å². The van der Waals surface area contributed by atoms with Gasteiger partial charge in [0.05, 0.1) is 12.5 Å². The molecule has 0 aromatic carbocycles. The lowest BCUT2D eigenvalue weighted by Gasteiger charge is -2.36. The SMILES string of the molecule is CCOC(=O)C(C)NC(=O)N1CC(C(=O)O)C1. The summed E-state index contributed by atoms with van der Waals surface area (Å²) in [5, 5.41) is 11.1. The Morgan fingerprint density at radius 1 is 1.47 bits per heavy atom. The molecule has 1 heterocycles. The quantitative estimate of drug-likeness (QED) is 0.660. The van der Waals surface area contributed by atoms with E-state index >= 15 is 0 Å². The largest absolute Gasteiger partial charge is 0.481 e. The predicted molar refractivity (Wildman–Crippen MR) is 57.3 cm³/mol. The zero-order valence-corrected chi connectivity index (χ0v) is 9.80. The molecule has 1 aliphatic heterocycles. The normalized spacial score (nSPS) is 16.9. The van der Waals surface area contributed by atoms with Crippen LogP contribution in [-0.2, 0) is 14.3 Å². The number of esters is 1. The van der Waals surface area contributed by atoms with Crippen LogP contribution in [0.2, 0.25) is 0 Å². The fourth-order valence-electron chi connectivity index (χ4n) is 1.40. The van der Waals surface area contributed by atoms with E-state index in [4.69, 9.17) is 9.84 Å². The van der Waals surface area contributed by atoms with Crippen molar-refractivity contribution in [2.45, 2.75) is 19.9 Å². The zero-order chi connectivity index (χ0) is 13.0. The van der Waals surface area contributed by atoms with Crippen molar-refractivity contribution < 1.29 is 24.2 Å². The molecule has 0 aromatic heterocycles. The Hall–Kier alpha value is -1.79. The molecule has 0 bridgehead atoms. The van der Waals surface area contributed by atoms with Gasteiger partial charge in [0.1, 0.15) is 6.04 Å². The van der Waals surface area contributed by atoms with Crippen LogP contribution in [0.15, 0.2) is 0 Å². The summed E-state index contributed by atoms with van der Waals surface area (Å²) in [7, 11) is 0. The predicted octanol–water partition coefficient (Wildman–Crippen LogP) is -0.336. The monoisotopic (exact) mass is 244 g/mol. The number of hydrogen-bond donors (Lipinski definition) is 2. The highest BCUT2D eigenvalue weighted by Crippen LogP contribution is 2.15. The molecule has 96 valence electrons. The van der Waals surface area contributed by atoms with Gasteiger partial charge in [0.15, 0.2) is 0 Å². The van der Waals surface area contributed by atoms with E-state index in [0.29, 0.717) is 0 Å². The number of nitrogens with zero attached hydrogens (tertiary/aromatic N) is 1. The van der Waals surface area contributed by atoms with Crippen molar-refractivity contribution in [1.82, 2.24) is 10.2 Å². The van der Waals surface area contributed by atoms with Crippen LogP contribution in [-0.4, -0.2) is 53.7 Å². The maximum absolute atomic E-state index is 11.5. The molecule has 0 radical (unpaired) electrons. The number of rotatable bonds is 4. The average Bonchev–Trinajstić information content (AvgIpc) is 2.14. The fraction of sp³-hybridized carbons (Fsp3) is 0.700. The summed E-state index contributed by atoms with van der Waals surface area (Å²) in [5.41, 5.74) is 0. The molecule has 1 aliphatic rings. The van der Waals surface area contributed by atoms with Crippen LogP contribution in [0.1, 0.15) is 13.8 Å². The van der Waals surface area contributed by atoms with E-state index in [9.17, 15) is 14.4 Å². The smallest absolute Gasteiger partial charge is 0.328 e. The van der Waals surface area contributed by atoms with Crippen molar-refractivity contribution in [3.8, 4) is 0 Å². The minimum Gasteiger partial charge on any atom is -0.481 e. The Labute approximate surface area is 98.7 Å². The van der Waals surface area contributed by atoms with E-state index in [1.807, 2.05) is 0 Å². The van der Waals surface area contributed by atoms with Crippen LogP contribution in [0.4, 0.5) is 4.79 Å². The Kier molecular flexibility index (Phi) is 4.30. The summed E-state index contributed by atoms with van der Waals surface area (Å²) in [4.78, 5) is 34.6. The standard InChI is InChI=1S/C10H16N2O5/c1-3-17-9(15)6(2)11-10(16)12-4-7(5-12)8(13)14/h6-7H,3-5H2,1-2H3,(H,11,16)(H,13,14). The fourth-order valence-corrected chi connectivity index (χ4v) is 1.40. The Balaban J connectivity index is 2.31. The van der Waals surface area contributed by atoms with Gasteiger partial charge in [0.25, 0.3) is 0 Å². The van der Waals surface area contributed by atoms with Gasteiger partial charge in [-0.3, -0.25) is 4.79 Å². The van der Waals surface area contributed by atoms with Gasteiger partial charge in [0.2, 0.25) is 0 Å². The molecule has 0 saturated carbocycles. The summed E-state index contributed by atoms with van der Waals surface area (Å²) in [5.74, 6) is -1.91. The number of carboxylic acids is 1. The molecule has 7 nitrogen and oxygen atoms in total. The van der Waals surface area contributed by atoms with Gasteiger partial charge in [-0.25, -0.2) is 9.59 Å². The average molecular weight is 244 g/mol. The van der Waals surface area contributed by atoms with Crippen molar-refractivity contribution in [2.75, 3.05) is 19.7 Å². The summed E-state index contributed by atoms with van der Waals surface area (Å²) >= 11 is 0. The highest BCUT2D eigenvalue weighted by atomic mass is 16.5. The topological polar surface area (TPSA) is 95.9 Å². The second-order valence-corrected chi connectivity index (χ2v) is 3.86. The molecule has 7 heteroatoms. The minimum atomic E-state index is -0.910. The lowest BCUT2D eigenvalue weighted by molar-refractivity contribution is -0.147. The first-order chi connectivity index (χ1) is 7.95. The molecule has 1 unspecified atom stereocenters. The zero-order valence-electron chi connectivity index (χ0n) is 9.80. The van der Waals surface area contributed by atoms with Crippen LogP contribution >= 0.6 is 0 Å². The summed E-state index contributed by atoms with van der Waals surface area (Å²) in [6.07, 6.45) is 0. The number of amides is 2. The number of carbonyl (C=O) groups excluding carboxylic acids is 2. The Bertz CT molecular complexity index is 325. The molecular weight excluding hydrogens is 228 g/mol. The minimum absolute atomic E-state index is 0.177. The van der Waals surface area contributed by atoms with E-state index < -0.39 is 29.9 Å². The maximum atomic E-state index is 11.5. The summed E-state index contributed by atoms with van der Waals surface area (Å²) in [6.45, 7) is 3.81. The third-order valence-corrected chi connectivity index (χ3v) is 2.50. The van der Waals surface area contributed by atoms with Gasteiger partial charge in [-0.15, -0.1) is 0 Å². The van der Waals surface area contributed by atoms with E-state index in [1.165, 1.54) is 11.8 Å². The van der Waals surface area contributed by atoms with Gasteiger partial charge in [-0.1, -0.05) is 0 Å². The molecule has 1 saturated heterocycles. The lowest BCUT2D eigenvalue weighted by atomic mass is 10.0. The first-order valence-corrected chi connectivity index (χ1v) is 5.40. The first-order valence-electron chi connectivity index (χ1n) is 5.40. The van der Waals surface area contributed by atoms with Crippen LogP contribution in [0.3, 0.4) is 0 Å². The number of hydrogen-bond acceptors (Lipinski definition) is 4. The van der Waals surface area contributed by atoms with Gasteiger partial charge < -0.3 is 20.1 Å². The van der Waals surface area contributed by atoms with Crippen LogP contribution in [0.25, 0.3) is 0 Å². The second kappa shape index (κ2) is 5.51. The number of ether oxygens (including phenoxy) is 1. The van der Waals surface area contributed by atoms with Crippen molar-refractivity contribution in [2.24, 2.45) is 5.92 Å².